The molecule has 1 spiro atoms. The summed E-state index contributed by atoms with van der Waals surface area (Å²) in [5.74, 6) is -1.27. The Labute approximate surface area is 227 Å². The summed E-state index contributed by atoms with van der Waals surface area (Å²) in [6.07, 6.45) is 6.61. The Kier molecular flexibility index (Phi) is 8.95. The number of hydrogen-bond acceptors (Lipinski definition) is 5. The third kappa shape index (κ3) is 5.38. The number of carbonyl (C=O) groups excluding carboxylic acids is 3. The number of hydrogen-bond donors (Lipinski definition) is 1. The molecule has 3 rings (SSSR count). The maximum absolute atomic E-state index is 14.5. The zero-order chi connectivity index (χ0) is 27.8. The molecule has 8 heteroatoms. The Hall–Kier alpha value is -1.80. The third-order valence-electron chi connectivity index (χ3n) is 8.09. The highest BCUT2D eigenvalue weighted by molar-refractivity contribution is 8.02. The Bertz CT molecular complexity index is 913. The molecule has 0 aliphatic carbocycles. The molecule has 2 bridgehead atoms. The van der Waals surface area contributed by atoms with Gasteiger partial charge in [-0.25, -0.2) is 0 Å². The van der Waals surface area contributed by atoms with E-state index in [2.05, 4.69) is 47.8 Å². The molecule has 3 heterocycles. The number of β-amino-alcohol motifs (C(OH)–C–C–N with tert-alkyl or cyclic N) is 1. The van der Waals surface area contributed by atoms with Crippen molar-refractivity contribution in [1.82, 2.24) is 14.7 Å². The van der Waals surface area contributed by atoms with Crippen molar-refractivity contribution in [2.75, 3.05) is 32.8 Å². The summed E-state index contributed by atoms with van der Waals surface area (Å²) in [5, 5.41) is 9.93. The number of aliphatic hydroxyl groups is 1. The average molecular weight is 534 g/mol. The van der Waals surface area contributed by atoms with Gasteiger partial charge in [0.25, 0.3) is 0 Å². The molecule has 1 N–H and O–H groups in total. The van der Waals surface area contributed by atoms with Crippen LogP contribution in [0.25, 0.3) is 0 Å². The number of thioether (sulfide) groups is 1. The Morgan fingerprint density at radius 2 is 1.81 bits per heavy atom. The lowest BCUT2D eigenvalue weighted by molar-refractivity contribution is -0.147. The molecule has 3 aliphatic rings. The van der Waals surface area contributed by atoms with Gasteiger partial charge in [-0.05, 0) is 44.9 Å². The summed E-state index contributed by atoms with van der Waals surface area (Å²) in [7, 11) is 0. The van der Waals surface area contributed by atoms with Gasteiger partial charge in [-0.15, -0.1) is 24.9 Å². The Balaban J connectivity index is 2.05. The second kappa shape index (κ2) is 11.1. The van der Waals surface area contributed by atoms with Crippen molar-refractivity contribution in [3.05, 3.63) is 25.3 Å². The minimum absolute atomic E-state index is 0.00719. The molecule has 3 aliphatic heterocycles. The number of nitrogens with zero attached hydrogens (tertiary/aromatic N) is 3. The number of likely N-dealkylation sites (tertiary alicyclic amines) is 1. The van der Waals surface area contributed by atoms with E-state index in [1.165, 1.54) is 0 Å². The molecule has 3 amide bonds. The fourth-order valence-electron chi connectivity index (χ4n) is 7.30. The molecule has 2 unspecified atom stereocenters. The lowest BCUT2D eigenvalue weighted by atomic mass is 9.70. The molecule has 0 saturated carbocycles. The standard InChI is InChI=1S/C29H47N3O4S/c1-9-14-30(15-10-2)24(34)21-20-12-13-29(37-20)22(21)25(35)31(17-18-33)23(29)26(36)32(16-11-3)28(7,8)19-27(4,5)6/h9,11,20-23,33H,1,3,10,12-19H2,2,4-8H3/t20-,21+,22-,23?,29?/m0/s1. The van der Waals surface area contributed by atoms with Gasteiger partial charge < -0.3 is 19.8 Å². The van der Waals surface area contributed by atoms with Crippen molar-refractivity contribution >= 4 is 29.5 Å². The molecule has 5 atom stereocenters. The summed E-state index contributed by atoms with van der Waals surface area (Å²) >= 11 is 1.68. The number of amides is 3. The van der Waals surface area contributed by atoms with Crippen LogP contribution in [0.5, 0.6) is 0 Å². The monoisotopic (exact) mass is 533 g/mol. The summed E-state index contributed by atoms with van der Waals surface area (Å²) in [6.45, 7) is 21.7. The van der Waals surface area contributed by atoms with E-state index in [9.17, 15) is 19.5 Å². The summed E-state index contributed by atoms with van der Waals surface area (Å²) in [5.41, 5.74) is -0.475. The normalized spacial score (nSPS) is 28.8. The number of carbonyl (C=O) groups is 3. The maximum atomic E-state index is 14.5. The van der Waals surface area contributed by atoms with Crippen molar-refractivity contribution < 1.29 is 19.5 Å². The third-order valence-corrected chi connectivity index (χ3v) is 10.0. The zero-order valence-corrected chi connectivity index (χ0v) is 24.5. The summed E-state index contributed by atoms with van der Waals surface area (Å²) in [4.78, 5) is 47.6. The Morgan fingerprint density at radius 1 is 1.16 bits per heavy atom. The van der Waals surface area contributed by atoms with E-state index in [1.807, 2.05) is 16.7 Å². The Morgan fingerprint density at radius 3 is 2.35 bits per heavy atom. The minimum atomic E-state index is -0.705. The number of rotatable bonds is 12. The predicted octanol–water partition coefficient (Wildman–Crippen LogP) is 3.72. The van der Waals surface area contributed by atoms with Crippen LogP contribution in [0, 0.1) is 17.3 Å². The SMILES string of the molecule is C=CCN(CCC)C(=O)[C@@H]1[C@@H]2CCC3(S2)C(C(=O)N(CC=C)C(C)(C)CC(C)(C)C)N(CCO)C(=O)[C@H]13. The van der Waals surface area contributed by atoms with E-state index in [0.717, 1.165) is 25.7 Å². The van der Waals surface area contributed by atoms with Crippen LogP contribution in [-0.4, -0.2) is 91.9 Å². The first kappa shape index (κ1) is 29.8. The highest BCUT2D eigenvalue weighted by Gasteiger charge is 2.74. The van der Waals surface area contributed by atoms with Gasteiger partial charge >= 0.3 is 0 Å². The number of fused-ring (bicyclic) bond motifs is 1. The van der Waals surface area contributed by atoms with Crippen LogP contribution in [0.2, 0.25) is 0 Å². The summed E-state index contributed by atoms with van der Waals surface area (Å²) < 4.78 is -0.655. The highest BCUT2D eigenvalue weighted by Crippen LogP contribution is 2.66. The van der Waals surface area contributed by atoms with Crippen LogP contribution >= 0.6 is 11.8 Å². The molecule has 3 fully saturated rings. The van der Waals surface area contributed by atoms with Crippen LogP contribution in [0.3, 0.4) is 0 Å². The molecular formula is C29H47N3O4S. The van der Waals surface area contributed by atoms with E-state index < -0.39 is 28.2 Å². The van der Waals surface area contributed by atoms with Crippen molar-refractivity contribution in [2.45, 2.75) is 88.8 Å². The predicted molar refractivity (Wildman–Crippen MR) is 150 cm³/mol. The topological polar surface area (TPSA) is 81.2 Å². The van der Waals surface area contributed by atoms with Crippen molar-refractivity contribution in [1.29, 1.82) is 0 Å². The summed E-state index contributed by atoms with van der Waals surface area (Å²) in [6, 6.07) is -0.705. The average Bonchev–Trinajstić information content (AvgIpc) is 3.43. The molecule has 208 valence electrons. The first-order valence-electron chi connectivity index (χ1n) is 13.7. The zero-order valence-electron chi connectivity index (χ0n) is 23.7. The molecule has 0 aromatic rings. The fraction of sp³-hybridized carbons (Fsp3) is 0.759. The quantitative estimate of drug-likeness (QED) is 0.387. The highest BCUT2D eigenvalue weighted by atomic mass is 32.2. The van der Waals surface area contributed by atoms with E-state index in [1.54, 1.807) is 28.8 Å². The van der Waals surface area contributed by atoms with E-state index >= 15 is 0 Å². The van der Waals surface area contributed by atoms with Crippen LogP contribution in [0.1, 0.15) is 67.2 Å². The minimum Gasteiger partial charge on any atom is -0.395 e. The van der Waals surface area contributed by atoms with Crippen LogP contribution in [0.15, 0.2) is 25.3 Å². The van der Waals surface area contributed by atoms with Gasteiger partial charge in [-0.2, -0.15) is 0 Å². The second-order valence-corrected chi connectivity index (χ2v) is 14.3. The van der Waals surface area contributed by atoms with Crippen LogP contribution in [-0.2, 0) is 14.4 Å². The molecule has 7 nitrogen and oxygen atoms in total. The van der Waals surface area contributed by atoms with Crippen molar-refractivity contribution in [3.63, 3.8) is 0 Å². The lowest BCUT2D eigenvalue weighted by Crippen LogP contribution is -2.60. The largest absolute Gasteiger partial charge is 0.395 e. The van der Waals surface area contributed by atoms with Gasteiger partial charge in [0.2, 0.25) is 17.7 Å². The first-order chi connectivity index (χ1) is 17.3. The molecule has 0 aromatic carbocycles. The van der Waals surface area contributed by atoms with Crippen LogP contribution < -0.4 is 0 Å². The van der Waals surface area contributed by atoms with Crippen molar-refractivity contribution in [2.24, 2.45) is 17.3 Å². The lowest BCUT2D eigenvalue weighted by Gasteiger charge is -2.46. The molecule has 3 saturated heterocycles. The maximum Gasteiger partial charge on any atom is 0.247 e. The van der Waals surface area contributed by atoms with Crippen molar-refractivity contribution in [3.8, 4) is 0 Å². The van der Waals surface area contributed by atoms with E-state index in [4.69, 9.17) is 0 Å². The van der Waals surface area contributed by atoms with Gasteiger partial charge in [0.1, 0.15) is 6.04 Å². The smallest absolute Gasteiger partial charge is 0.247 e. The van der Waals surface area contributed by atoms with Gasteiger partial charge in [0.15, 0.2) is 0 Å². The fourth-order valence-corrected chi connectivity index (χ4v) is 9.50. The van der Waals surface area contributed by atoms with Gasteiger partial charge in [-0.1, -0.05) is 39.8 Å². The van der Waals surface area contributed by atoms with E-state index in [-0.39, 0.29) is 41.5 Å². The van der Waals surface area contributed by atoms with Gasteiger partial charge in [0, 0.05) is 37.0 Å². The molecule has 37 heavy (non-hydrogen) atoms. The molecule has 0 aromatic heterocycles. The van der Waals surface area contributed by atoms with E-state index in [0.29, 0.717) is 19.6 Å². The second-order valence-electron chi connectivity index (χ2n) is 12.7. The first-order valence-corrected chi connectivity index (χ1v) is 14.6. The number of aliphatic hydroxyl groups excluding tert-OH is 1. The van der Waals surface area contributed by atoms with Gasteiger partial charge in [-0.3, -0.25) is 14.4 Å². The molecule has 0 radical (unpaired) electrons. The molecular weight excluding hydrogens is 486 g/mol. The van der Waals surface area contributed by atoms with Gasteiger partial charge in [0.05, 0.1) is 23.2 Å². The van der Waals surface area contributed by atoms with Crippen LogP contribution in [0.4, 0.5) is 0 Å².